The Morgan fingerprint density at radius 1 is 1.38 bits per heavy atom. The molecular formula is C10H12N4OS. The van der Waals surface area contributed by atoms with Gasteiger partial charge in [0, 0.05) is 0 Å². The summed E-state index contributed by atoms with van der Waals surface area (Å²) in [6.45, 7) is 4.14. The lowest BCUT2D eigenvalue weighted by molar-refractivity contribution is 0.397. The zero-order valence-electron chi connectivity index (χ0n) is 9.34. The SMILES string of the molecule is COc1ncc(C(C)C)nc1-c1nncs1. The molecular weight excluding hydrogens is 224 g/mol. The van der Waals surface area contributed by atoms with Crippen LogP contribution in [0.25, 0.3) is 10.7 Å². The van der Waals surface area contributed by atoms with Crippen LogP contribution in [-0.4, -0.2) is 27.3 Å². The van der Waals surface area contributed by atoms with E-state index in [0.29, 0.717) is 17.5 Å². The molecule has 0 saturated carbocycles. The van der Waals surface area contributed by atoms with Crippen molar-refractivity contribution in [3.8, 4) is 16.6 Å². The Morgan fingerprint density at radius 2 is 2.19 bits per heavy atom. The lowest BCUT2D eigenvalue weighted by Crippen LogP contribution is -2.00. The van der Waals surface area contributed by atoms with Crippen LogP contribution >= 0.6 is 11.3 Å². The van der Waals surface area contributed by atoms with E-state index in [-0.39, 0.29) is 0 Å². The van der Waals surface area contributed by atoms with E-state index >= 15 is 0 Å². The average Bonchev–Trinajstić information content (AvgIpc) is 2.81. The molecule has 0 bridgehead atoms. The maximum absolute atomic E-state index is 5.17. The quantitative estimate of drug-likeness (QED) is 0.817. The first-order valence-electron chi connectivity index (χ1n) is 4.90. The van der Waals surface area contributed by atoms with Crippen molar-refractivity contribution in [1.82, 2.24) is 20.2 Å². The van der Waals surface area contributed by atoms with Crippen molar-refractivity contribution in [3.05, 3.63) is 17.4 Å². The van der Waals surface area contributed by atoms with Crippen LogP contribution in [0.2, 0.25) is 0 Å². The zero-order valence-corrected chi connectivity index (χ0v) is 10.2. The van der Waals surface area contributed by atoms with Crippen molar-refractivity contribution < 1.29 is 4.74 Å². The van der Waals surface area contributed by atoms with Crippen molar-refractivity contribution in [2.45, 2.75) is 19.8 Å². The Labute approximate surface area is 97.5 Å². The first kappa shape index (κ1) is 10.9. The van der Waals surface area contributed by atoms with E-state index in [1.807, 2.05) is 0 Å². The molecule has 0 spiro atoms. The van der Waals surface area contributed by atoms with Crippen LogP contribution in [0.1, 0.15) is 25.5 Å². The molecule has 5 nitrogen and oxygen atoms in total. The summed E-state index contributed by atoms with van der Waals surface area (Å²) in [6.07, 6.45) is 1.73. The summed E-state index contributed by atoms with van der Waals surface area (Å²) in [5, 5.41) is 8.50. The Bertz CT molecular complexity index is 470. The maximum Gasteiger partial charge on any atom is 0.242 e. The molecule has 0 unspecified atom stereocenters. The van der Waals surface area contributed by atoms with E-state index in [1.165, 1.54) is 11.3 Å². The minimum Gasteiger partial charge on any atom is -0.479 e. The van der Waals surface area contributed by atoms with Crippen LogP contribution in [0.3, 0.4) is 0 Å². The van der Waals surface area contributed by atoms with Crippen molar-refractivity contribution >= 4 is 11.3 Å². The van der Waals surface area contributed by atoms with Gasteiger partial charge in [-0.1, -0.05) is 25.2 Å². The lowest BCUT2D eigenvalue weighted by Gasteiger charge is -2.08. The summed E-state index contributed by atoms with van der Waals surface area (Å²) in [6, 6.07) is 0. The highest BCUT2D eigenvalue weighted by molar-refractivity contribution is 7.12. The number of methoxy groups -OCH3 is 1. The highest BCUT2D eigenvalue weighted by Crippen LogP contribution is 2.28. The van der Waals surface area contributed by atoms with Gasteiger partial charge < -0.3 is 4.74 Å². The summed E-state index contributed by atoms with van der Waals surface area (Å²) in [5.41, 5.74) is 3.25. The van der Waals surface area contributed by atoms with E-state index in [9.17, 15) is 0 Å². The predicted molar refractivity (Wildman–Crippen MR) is 61.6 cm³/mol. The second-order valence-corrected chi connectivity index (χ2v) is 4.38. The molecule has 84 valence electrons. The monoisotopic (exact) mass is 236 g/mol. The molecule has 0 N–H and O–H groups in total. The lowest BCUT2D eigenvalue weighted by atomic mass is 10.1. The second kappa shape index (κ2) is 4.52. The molecule has 0 fully saturated rings. The molecule has 0 radical (unpaired) electrons. The highest BCUT2D eigenvalue weighted by Gasteiger charge is 2.14. The first-order chi connectivity index (χ1) is 7.72. The van der Waals surface area contributed by atoms with Gasteiger partial charge in [-0.3, -0.25) is 0 Å². The van der Waals surface area contributed by atoms with Crippen LogP contribution < -0.4 is 4.74 Å². The minimum atomic E-state index is 0.324. The highest BCUT2D eigenvalue weighted by atomic mass is 32.1. The smallest absolute Gasteiger partial charge is 0.242 e. The molecule has 0 atom stereocenters. The number of hydrogen-bond acceptors (Lipinski definition) is 6. The van der Waals surface area contributed by atoms with Gasteiger partial charge in [0.2, 0.25) is 5.88 Å². The average molecular weight is 236 g/mol. The molecule has 0 saturated heterocycles. The van der Waals surface area contributed by atoms with Gasteiger partial charge in [-0.05, 0) is 5.92 Å². The third-order valence-corrected chi connectivity index (χ3v) is 2.80. The number of hydrogen-bond donors (Lipinski definition) is 0. The Morgan fingerprint density at radius 3 is 2.75 bits per heavy atom. The van der Waals surface area contributed by atoms with Crippen molar-refractivity contribution in [1.29, 1.82) is 0 Å². The summed E-state index contributed by atoms with van der Waals surface area (Å²) in [7, 11) is 1.57. The Kier molecular flexibility index (Phi) is 3.09. The molecule has 0 aliphatic carbocycles. The van der Waals surface area contributed by atoms with Crippen LogP contribution in [0.15, 0.2) is 11.7 Å². The van der Waals surface area contributed by atoms with Crippen LogP contribution in [0.4, 0.5) is 0 Å². The number of ether oxygens (including phenoxy) is 1. The standard InChI is InChI=1S/C10H12N4OS/c1-6(2)7-4-11-9(15-3)8(13-7)10-14-12-5-16-10/h4-6H,1-3H3. The molecule has 2 aromatic rings. The molecule has 16 heavy (non-hydrogen) atoms. The van der Waals surface area contributed by atoms with Gasteiger partial charge in [0.15, 0.2) is 10.7 Å². The van der Waals surface area contributed by atoms with E-state index in [2.05, 4.69) is 34.0 Å². The third kappa shape index (κ3) is 2.01. The summed E-state index contributed by atoms with van der Waals surface area (Å²) in [4.78, 5) is 8.73. The Hall–Kier alpha value is -1.56. The van der Waals surface area contributed by atoms with E-state index in [4.69, 9.17) is 4.74 Å². The normalized spacial score (nSPS) is 10.8. The molecule has 0 aliphatic rings. The molecule has 0 aromatic carbocycles. The second-order valence-electron chi connectivity index (χ2n) is 3.55. The van der Waals surface area contributed by atoms with Crippen LogP contribution in [-0.2, 0) is 0 Å². The molecule has 2 rings (SSSR count). The maximum atomic E-state index is 5.17. The molecule has 2 aromatic heterocycles. The van der Waals surface area contributed by atoms with Gasteiger partial charge in [0.1, 0.15) is 5.51 Å². The largest absolute Gasteiger partial charge is 0.479 e. The molecule has 2 heterocycles. The fourth-order valence-electron chi connectivity index (χ4n) is 1.23. The van der Waals surface area contributed by atoms with Crippen molar-refractivity contribution in [3.63, 3.8) is 0 Å². The zero-order chi connectivity index (χ0) is 11.5. The van der Waals surface area contributed by atoms with E-state index in [0.717, 1.165) is 10.7 Å². The third-order valence-electron chi connectivity index (χ3n) is 2.11. The van der Waals surface area contributed by atoms with E-state index < -0.39 is 0 Å². The van der Waals surface area contributed by atoms with Gasteiger partial charge >= 0.3 is 0 Å². The van der Waals surface area contributed by atoms with Crippen molar-refractivity contribution in [2.75, 3.05) is 7.11 Å². The minimum absolute atomic E-state index is 0.324. The summed E-state index contributed by atoms with van der Waals surface area (Å²) in [5.74, 6) is 0.811. The van der Waals surface area contributed by atoms with Gasteiger partial charge in [-0.2, -0.15) is 0 Å². The Balaban J connectivity index is 2.52. The van der Waals surface area contributed by atoms with Gasteiger partial charge in [-0.15, -0.1) is 10.2 Å². The number of nitrogens with zero attached hydrogens (tertiary/aromatic N) is 4. The summed E-state index contributed by atoms with van der Waals surface area (Å²) >= 11 is 1.42. The fraction of sp³-hybridized carbons (Fsp3) is 0.400. The fourth-order valence-corrected chi connectivity index (χ4v) is 1.77. The van der Waals surface area contributed by atoms with Crippen LogP contribution in [0, 0.1) is 0 Å². The molecule has 6 heteroatoms. The predicted octanol–water partition coefficient (Wildman–Crippen LogP) is 2.13. The molecule has 0 amide bonds. The van der Waals surface area contributed by atoms with Crippen LogP contribution in [0.5, 0.6) is 5.88 Å². The number of aromatic nitrogens is 4. The topological polar surface area (TPSA) is 60.8 Å². The van der Waals surface area contributed by atoms with E-state index in [1.54, 1.807) is 18.8 Å². The summed E-state index contributed by atoms with van der Waals surface area (Å²) < 4.78 is 5.17. The number of rotatable bonds is 3. The van der Waals surface area contributed by atoms with Crippen molar-refractivity contribution in [2.24, 2.45) is 0 Å². The first-order valence-corrected chi connectivity index (χ1v) is 5.77. The van der Waals surface area contributed by atoms with Gasteiger partial charge in [-0.25, -0.2) is 9.97 Å². The van der Waals surface area contributed by atoms with Gasteiger partial charge in [0.05, 0.1) is 19.0 Å². The van der Waals surface area contributed by atoms with Gasteiger partial charge in [0.25, 0.3) is 0 Å². The molecule has 0 aliphatic heterocycles.